The fourth-order valence-electron chi connectivity index (χ4n) is 0.960. The number of carboxylic acid groups (broad SMARTS) is 1. The highest BCUT2D eigenvalue weighted by Gasteiger charge is 2.36. The predicted molar refractivity (Wildman–Crippen MR) is 58.5 cm³/mol. The zero-order valence-electron chi connectivity index (χ0n) is 6.71. The van der Waals surface area contributed by atoms with E-state index in [-0.39, 0.29) is 0 Å². The second-order valence-corrected chi connectivity index (χ2v) is 4.52. The Morgan fingerprint density at radius 1 is 1.38 bits per heavy atom. The lowest BCUT2D eigenvalue weighted by Gasteiger charge is -2.19. The van der Waals surface area contributed by atoms with Gasteiger partial charge in [-0.05, 0) is 5.56 Å². The molecule has 1 unspecified atom stereocenters. The second kappa shape index (κ2) is 4.24. The number of alkyl halides is 2. The molecule has 1 atom stereocenters. The van der Waals surface area contributed by atoms with E-state index >= 15 is 0 Å². The average molecular weight is 308 g/mol. The SMILES string of the molecule is O=C(O)C(Br)(CBr)c1ccccc1. The van der Waals surface area contributed by atoms with Crippen LogP contribution in [-0.4, -0.2) is 16.4 Å². The molecule has 1 N–H and O–H groups in total. The first-order valence-corrected chi connectivity index (χ1v) is 5.56. The summed E-state index contributed by atoms with van der Waals surface area (Å²) in [6, 6.07) is 9.05. The summed E-state index contributed by atoms with van der Waals surface area (Å²) in [5, 5.41) is 9.34. The van der Waals surface area contributed by atoms with Gasteiger partial charge >= 0.3 is 5.97 Å². The molecule has 0 fully saturated rings. The summed E-state index contributed by atoms with van der Waals surface area (Å²) in [7, 11) is 0. The minimum atomic E-state index is -1.02. The van der Waals surface area contributed by atoms with Gasteiger partial charge in [-0.1, -0.05) is 62.2 Å². The van der Waals surface area contributed by atoms with Crippen molar-refractivity contribution in [2.45, 2.75) is 4.32 Å². The molecule has 0 amide bonds. The van der Waals surface area contributed by atoms with Gasteiger partial charge in [-0.15, -0.1) is 0 Å². The maximum absolute atomic E-state index is 11.0. The molecule has 1 aromatic rings. The van der Waals surface area contributed by atoms with Gasteiger partial charge in [0.2, 0.25) is 0 Å². The lowest BCUT2D eigenvalue weighted by molar-refractivity contribution is -0.139. The van der Waals surface area contributed by atoms with Crippen molar-refractivity contribution in [2.75, 3.05) is 5.33 Å². The molecule has 0 spiro atoms. The Bertz CT molecular complexity index is 300. The Morgan fingerprint density at radius 2 is 1.92 bits per heavy atom. The Labute approximate surface area is 93.2 Å². The molecule has 1 aromatic carbocycles. The molecule has 1 rings (SSSR count). The smallest absolute Gasteiger partial charge is 0.325 e. The third-order valence-electron chi connectivity index (χ3n) is 1.75. The van der Waals surface area contributed by atoms with Gasteiger partial charge < -0.3 is 5.11 Å². The van der Waals surface area contributed by atoms with Crippen molar-refractivity contribution < 1.29 is 9.90 Å². The fraction of sp³-hybridized carbons (Fsp3) is 0.222. The largest absolute Gasteiger partial charge is 0.480 e. The number of hydrogen-bond acceptors (Lipinski definition) is 1. The van der Waals surface area contributed by atoms with Crippen LogP contribution >= 0.6 is 31.9 Å². The molecule has 0 aliphatic rings. The minimum absolute atomic E-state index is 0.333. The molecule has 0 radical (unpaired) electrons. The number of rotatable bonds is 3. The van der Waals surface area contributed by atoms with Crippen molar-refractivity contribution in [3.8, 4) is 0 Å². The van der Waals surface area contributed by atoms with Gasteiger partial charge in [-0.2, -0.15) is 0 Å². The van der Waals surface area contributed by atoms with Crippen LogP contribution < -0.4 is 0 Å². The molecule has 13 heavy (non-hydrogen) atoms. The molecule has 0 bridgehead atoms. The van der Waals surface area contributed by atoms with E-state index in [1.54, 1.807) is 12.1 Å². The van der Waals surface area contributed by atoms with Gasteiger partial charge in [0, 0.05) is 5.33 Å². The van der Waals surface area contributed by atoms with Crippen LogP contribution in [0.5, 0.6) is 0 Å². The number of carbonyl (C=O) groups is 1. The van der Waals surface area contributed by atoms with Crippen LogP contribution in [0.3, 0.4) is 0 Å². The van der Waals surface area contributed by atoms with Crippen LogP contribution in [0.15, 0.2) is 30.3 Å². The zero-order chi connectivity index (χ0) is 9.90. The van der Waals surface area contributed by atoms with Gasteiger partial charge in [-0.3, -0.25) is 4.79 Å². The van der Waals surface area contributed by atoms with Crippen molar-refractivity contribution in [1.82, 2.24) is 0 Å². The number of benzene rings is 1. The quantitative estimate of drug-likeness (QED) is 0.872. The predicted octanol–water partition coefficient (Wildman–Crippen LogP) is 2.76. The summed E-state index contributed by atoms with van der Waals surface area (Å²) in [6.45, 7) is 0. The van der Waals surface area contributed by atoms with Crippen LogP contribution in [0, 0.1) is 0 Å². The lowest BCUT2D eigenvalue weighted by atomic mass is 10.0. The Morgan fingerprint density at radius 3 is 2.31 bits per heavy atom. The van der Waals surface area contributed by atoms with E-state index in [4.69, 9.17) is 5.11 Å². The van der Waals surface area contributed by atoms with E-state index in [0.29, 0.717) is 5.33 Å². The summed E-state index contributed by atoms with van der Waals surface area (Å²) in [6.07, 6.45) is 0. The highest BCUT2D eigenvalue weighted by Crippen LogP contribution is 2.33. The van der Waals surface area contributed by atoms with Crippen LogP contribution in [0.2, 0.25) is 0 Å². The normalized spacial score (nSPS) is 14.9. The van der Waals surface area contributed by atoms with E-state index in [1.807, 2.05) is 18.2 Å². The Hall–Kier alpha value is -0.350. The standard InChI is InChI=1S/C9H8Br2O2/c10-6-9(11,8(12)13)7-4-2-1-3-5-7/h1-5H,6H2,(H,12,13). The summed E-state index contributed by atoms with van der Waals surface area (Å²) >= 11 is 6.39. The maximum atomic E-state index is 11.0. The number of hydrogen-bond donors (Lipinski definition) is 1. The topological polar surface area (TPSA) is 37.3 Å². The summed E-state index contributed by atoms with van der Waals surface area (Å²) < 4.78 is -1.02. The van der Waals surface area contributed by atoms with Crippen molar-refractivity contribution in [2.24, 2.45) is 0 Å². The first kappa shape index (κ1) is 10.7. The van der Waals surface area contributed by atoms with Crippen molar-refractivity contribution in [1.29, 1.82) is 0 Å². The summed E-state index contributed by atoms with van der Waals surface area (Å²) in [5.41, 5.74) is 0.736. The molecule has 0 aliphatic carbocycles. The molecular weight excluding hydrogens is 300 g/mol. The van der Waals surface area contributed by atoms with Crippen molar-refractivity contribution in [3.05, 3.63) is 35.9 Å². The molecule has 70 valence electrons. The highest BCUT2D eigenvalue weighted by molar-refractivity contribution is 9.12. The zero-order valence-corrected chi connectivity index (χ0v) is 9.88. The molecular formula is C9H8Br2O2. The Kier molecular flexibility index (Phi) is 3.50. The average Bonchev–Trinajstić information content (AvgIpc) is 2.17. The van der Waals surface area contributed by atoms with Crippen molar-refractivity contribution in [3.63, 3.8) is 0 Å². The van der Waals surface area contributed by atoms with Crippen LogP contribution in [0.4, 0.5) is 0 Å². The molecule has 0 saturated heterocycles. The third kappa shape index (κ3) is 2.11. The summed E-state index contributed by atoms with van der Waals surface area (Å²) in [4.78, 5) is 11.0. The first-order chi connectivity index (χ1) is 6.11. The van der Waals surface area contributed by atoms with E-state index in [1.165, 1.54) is 0 Å². The van der Waals surface area contributed by atoms with Gasteiger partial charge in [0.15, 0.2) is 4.32 Å². The molecule has 0 aliphatic heterocycles. The highest BCUT2D eigenvalue weighted by atomic mass is 79.9. The third-order valence-corrected chi connectivity index (χ3v) is 4.43. The molecule has 2 nitrogen and oxygen atoms in total. The maximum Gasteiger partial charge on any atom is 0.325 e. The van der Waals surface area contributed by atoms with E-state index < -0.39 is 10.3 Å². The van der Waals surface area contributed by atoms with E-state index in [0.717, 1.165) is 5.56 Å². The lowest BCUT2D eigenvalue weighted by Crippen LogP contribution is -2.30. The fourth-order valence-corrected chi connectivity index (χ4v) is 1.79. The molecule has 4 heteroatoms. The molecule has 0 saturated carbocycles. The number of halogens is 2. The van der Waals surface area contributed by atoms with Crippen LogP contribution in [0.25, 0.3) is 0 Å². The van der Waals surface area contributed by atoms with Gasteiger partial charge in [-0.25, -0.2) is 0 Å². The van der Waals surface area contributed by atoms with Gasteiger partial charge in [0.1, 0.15) is 0 Å². The van der Waals surface area contributed by atoms with Crippen LogP contribution in [-0.2, 0) is 9.12 Å². The molecule has 0 heterocycles. The first-order valence-electron chi connectivity index (χ1n) is 3.65. The van der Waals surface area contributed by atoms with E-state index in [9.17, 15) is 4.79 Å². The second-order valence-electron chi connectivity index (χ2n) is 2.61. The number of carboxylic acids is 1. The van der Waals surface area contributed by atoms with E-state index in [2.05, 4.69) is 31.9 Å². The Balaban J connectivity index is 3.11. The summed E-state index contributed by atoms with van der Waals surface area (Å²) in [5.74, 6) is -0.893. The van der Waals surface area contributed by atoms with Gasteiger partial charge in [0.25, 0.3) is 0 Å². The number of aliphatic carboxylic acids is 1. The van der Waals surface area contributed by atoms with Crippen molar-refractivity contribution >= 4 is 37.8 Å². The minimum Gasteiger partial charge on any atom is -0.480 e. The van der Waals surface area contributed by atoms with Gasteiger partial charge in [0.05, 0.1) is 0 Å². The van der Waals surface area contributed by atoms with Crippen LogP contribution in [0.1, 0.15) is 5.56 Å². The molecule has 0 aromatic heterocycles. The monoisotopic (exact) mass is 306 g/mol.